The fourth-order valence-corrected chi connectivity index (χ4v) is 2.44. The number of benzene rings is 1. The number of carbonyl (C=O) groups is 2. The first kappa shape index (κ1) is 11.7. The first-order chi connectivity index (χ1) is 10.3. The number of hydrogen-bond acceptors (Lipinski definition) is 5. The maximum atomic E-state index is 12.6. The topological polar surface area (TPSA) is 77.7 Å². The van der Waals surface area contributed by atoms with Crippen LogP contribution >= 0.6 is 0 Å². The zero-order valence-corrected chi connectivity index (χ0v) is 10.7. The molecule has 0 aliphatic heterocycles. The van der Waals surface area contributed by atoms with Gasteiger partial charge in [-0.25, -0.2) is 4.68 Å². The molecule has 0 unspecified atom stereocenters. The van der Waals surface area contributed by atoms with E-state index in [0.29, 0.717) is 16.8 Å². The van der Waals surface area contributed by atoms with Gasteiger partial charge in [-0.2, -0.15) is 0 Å². The number of rotatable bonds is 1. The van der Waals surface area contributed by atoms with Crippen LogP contribution in [0.4, 0.5) is 0 Å². The lowest BCUT2D eigenvalue weighted by molar-refractivity contribution is 0.0972. The van der Waals surface area contributed by atoms with Gasteiger partial charge in [-0.05, 0) is 12.1 Å². The molecule has 6 nitrogen and oxygen atoms in total. The molecule has 2 heterocycles. The number of pyridine rings is 1. The zero-order chi connectivity index (χ0) is 14.4. The summed E-state index contributed by atoms with van der Waals surface area (Å²) in [5.41, 5.74) is 1.68. The fourth-order valence-electron chi connectivity index (χ4n) is 2.44. The van der Waals surface area contributed by atoms with Crippen LogP contribution in [-0.4, -0.2) is 31.5 Å². The van der Waals surface area contributed by atoms with E-state index in [4.69, 9.17) is 0 Å². The van der Waals surface area contributed by atoms with Crippen molar-refractivity contribution < 1.29 is 9.59 Å². The van der Waals surface area contributed by atoms with E-state index >= 15 is 0 Å². The molecule has 0 radical (unpaired) electrons. The Balaban J connectivity index is 1.98. The summed E-state index contributed by atoms with van der Waals surface area (Å²) in [6, 6.07) is 10.1. The van der Waals surface area contributed by atoms with E-state index in [1.165, 1.54) is 4.68 Å². The molecule has 0 saturated heterocycles. The molecule has 0 spiro atoms. The Kier molecular flexibility index (Phi) is 2.32. The van der Waals surface area contributed by atoms with E-state index in [1.54, 1.807) is 48.8 Å². The van der Waals surface area contributed by atoms with Gasteiger partial charge in [-0.15, -0.1) is 5.10 Å². The number of fused-ring (bicyclic) bond motifs is 2. The van der Waals surface area contributed by atoms with E-state index in [1.807, 2.05) is 0 Å². The van der Waals surface area contributed by atoms with Gasteiger partial charge < -0.3 is 0 Å². The second kappa shape index (κ2) is 4.17. The van der Waals surface area contributed by atoms with Crippen molar-refractivity contribution in [3.63, 3.8) is 0 Å². The Morgan fingerprint density at radius 1 is 0.857 bits per heavy atom. The Hall–Kier alpha value is -3.15. The van der Waals surface area contributed by atoms with Crippen molar-refractivity contribution in [2.45, 2.75) is 0 Å². The van der Waals surface area contributed by atoms with Crippen molar-refractivity contribution in [1.29, 1.82) is 0 Å². The van der Waals surface area contributed by atoms with Gasteiger partial charge in [0, 0.05) is 23.5 Å². The minimum Gasteiger partial charge on any atom is -0.287 e. The molecule has 0 atom stereocenters. The van der Waals surface area contributed by atoms with Crippen LogP contribution in [0, 0.1) is 0 Å². The van der Waals surface area contributed by atoms with Crippen LogP contribution in [-0.2, 0) is 0 Å². The molecule has 3 aromatic rings. The lowest BCUT2D eigenvalue weighted by Gasteiger charge is -2.14. The lowest BCUT2D eigenvalue weighted by atomic mass is 9.90. The largest absolute Gasteiger partial charge is 0.287 e. The van der Waals surface area contributed by atoms with Crippen molar-refractivity contribution >= 4 is 11.6 Å². The summed E-state index contributed by atoms with van der Waals surface area (Å²) in [5.74, 6) is -0.525. The maximum Gasteiger partial charge on any atom is 0.216 e. The SMILES string of the molecule is O=C1c2ccccc2C(=O)c2c1nnn2-c1ccncc1. The molecule has 1 aromatic carbocycles. The zero-order valence-electron chi connectivity index (χ0n) is 10.7. The van der Waals surface area contributed by atoms with Gasteiger partial charge in [0.1, 0.15) is 5.69 Å². The third kappa shape index (κ3) is 1.56. The second-order valence-corrected chi connectivity index (χ2v) is 4.61. The molecule has 0 saturated carbocycles. The molecule has 0 fully saturated rings. The summed E-state index contributed by atoms with van der Waals surface area (Å²) in [4.78, 5) is 29.0. The van der Waals surface area contributed by atoms with Gasteiger partial charge >= 0.3 is 0 Å². The first-order valence-corrected chi connectivity index (χ1v) is 6.32. The lowest BCUT2D eigenvalue weighted by Crippen LogP contribution is -2.22. The summed E-state index contributed by atoms with van der Waals surface area (Å²) < 4.78 is 1.38. The molecule has 0 N–H and O–H groups in total. The number of ketones is 2. The molecular formula is C15H8N4O2. The van der Waals surface area contributed by atoms with Gasteiger partial charge in [0.25, 0.3) is 0 Å². The highest BCUT2D eigenvalue weighted by molar-refractivity contribution is 6.27. The smallest absolute Gasteiger partial charge is 0.216 e. The van der Waals surface area contributed by atoms with Gasteiger partial charge in [0.05, 0.1) is 5.69 Å². The summed E-state index contributed by atoms with van der Waals surface area (Å²) in [7, 11) is 0. The Labute approximate surface area is 119 Å². The highest BCUT2D eigenvalue weighted by Crippen LogP contribution is 2.26. The summed E-state index contributed by atoms with van der Waals surface area (Å²) in [6.07, 6.45) is 3.18. The quantitative estimate of drug-likeness (QED) is 0.525. The monoisotopic (exact) mass is 276 g/mol. The van der Waals surface area contributed by atoms with Crippen LogP contribution in [0.25, 0.3) is 5.69 Å². The van der Waals surface area contributed by atoms with Crippen LogP contribution in [0.2, 0.25) is 0 Å². The maximum absolute atomic E-state index is 12.6. The van der Waals surface area contributed by atoms with E-state index < -0.39 is 0 Å². The second-order valence-electron chi connectivity index (χ2n) is 4.61. The van der Waals surface area contributed by atoms with E-state index in [0.717, 1.165) is 0 Å². The summed E-state index contributed by atoms with van der Waals surface area (Å²) in [6.45, 7) is 0. The predicted molar refractivity (Wildman–Crippen MR) is 72.5 cm³/mol. The molecule has 6 heteroatoms. The minimum absolute atomic E-state index is 0.0931. The highest BCUT2D eigenvalue weighted by Gasteiger charge is 2.35. The predicted octanol–water partition coefficient (Wildman–Crippen LogP) is 1.44. The first-order valence-electron chi connectivity index (χ1n) is 6.32. The Morgan fingerprint density at radius 3 is 2.24 bits per heavy atom. The van der Waals surface area contributed by atoms with E-state index in [2.05, 4.69) is 15.3 Å². The molecule has 2 aromatic heterocycles. The van der Waals surface area contributed by atoms with Gasteiger partial charge in [0.2, 0.25) is 11.6 Å². The van der Waals surface area contributed by atoms with Crippen molar-refractivity contribution in [2.75, 3.05) is 0 Å². The normalized spacial score (nSPS) is 13.0. The average Bonchev–Trinajstić information content (AvgIpc) is 2.99. The Morgan fingerprint density at radius 2 is 1.52 bits per heavy atom. The highest BCUT2D eigenvalue weighted by atomic mass is 16.1. The standard InChI is InChI=1S/C15H8N4O2/c20-14-10-3-1-2-4-11(10)15(21)13-12(14)17-18-19(13)9-5-7-16-8-6-9/h1-8H. The average molecular weight is 276 g/mol. The molecule has 0 bridgehead atoms. The van der Waals surface area contributed by atoms with Gasteiger partial charge in [-0.3, -0.25) is 14.6 Å². The number of hydrogen-bond donors (Lipinski definition) is 0. The molecule has 21 heavy (non-hydrogen) atoms. The number of carbonyl (C=O) groups excluding carboxylic acids is 2. The van der Waals surface area contributed by atoms with Crippen molar-refractivity contribution in [3.05, 3.63) is 71.3 Å². The molecular weight excluding hydrogens is 268 g/mol. The molecule has 100 valence electrons. The molecule has 4 rings (SSSR count). The fraction of sp³-hybridized carbons (Fsp3) is 0. The molecule has 1 aliphatic rings. The third-order valence-electron chi connectivity index (χ3n) is 3.42. The number of nitrogens with zero attached hydrogens (tertiary/aromatic N) is 4. The summed E-state index contributed by atoms with van der Waals surface area (Å²) >= 11 is 0. The van der Waals surface area contributed by atoms with Crippen molar-refractivity contribution in [1.82, 2.24) is 20.0 Å². The van der Waals surface area contributed by atoms with Crippen molar-refractivity contribution in [2.24, 2.45) is 0 Å². The van der Waals surface area contributed by atoms with Crippen LogP contribution < -0.4 is 0 Å². The van der Waals surface area contributed by atoms with Crippen molar-refractivity contribution in [3.8, 4) is 5.69 Å². The van der Waals surface area contributed by atoms with Crippen LogP contribution in [0.15, 0.2) is 48.8 Å². The van der Waals surface area contributed by atoms with Gasteiger partial charge in [-0.1, -0.05) is 29.5 Å². The number of aromatic nitrogens is 4. The van der Waals surface area contributed by atoms with Crippen LogP contribution in [0.1, 0.15) is 32.1 Å². The summed E-state index contributed by atoms with van der Waals surface area (Å²) in [5, 5.41) is 7.83. The minimum atomic E-state index is -0.277. The molecule has 0 amide bonds. The van der Waals surface area contributed by atoms with E-state index in [9.17, 15) is 9.59 Å². The Bertz CT molecular complexity index is 884. The van der Waals surface area contributed by atoms with Gasteiger partial charge in [0.15, 0.2) is 5.69 Å². The third-order valence-corrected chi connectivity index (χ3v) is 3.42. The molecule has 1 aliphatic carbocycles. The van der Waals surface area contributed by atoms with Crippen LogP contribution in [0.3, 0.4) is 0 Å². The van der Waals surface area contributed by atoms with E-state index in [-0.39, 0.29) is 23.0 Å². The van der Waals surface area contributed by atoms with Crippen LogP contribution in [0.5, 0.6) is 0 Å².